The molecule has 3 aromatic rings. The van der Waals surface area contributed by atoms with E-state index in [0.29, 0.717) is 11.1 Å². The van der Waals surface area contributed by atoms with Crippen molar-refractivity contribution in [3.05, 3.63) is 66.0 Å². The van der Waals surface area contributed by atoms with Gasteiger partial charge in [0.1, 0.15) is 12.9 Å². The number of hydrogen-bond donors (Lipinski definition) is 2. The van der Waals surface area contributed by atoms with Gasteiger partial charge in [0.15, 0.2) is 5.82 Å². The molecule has 1 heterocycles. The summed E-state index contributed by atoms with van der Waals surface area (Å²) < 4.78 is 33.9. The molecule has 0 spiro atoms. The number of aliphatic hydroxyl groups excluding tert-OH is 1. The van der Waals surface area contributed by atoms with Crippen molar-refractivity contribution < 1.29 is 18.3 Å². The Bertz CT molecular complexity index is 1070. The van der Waals surface area contributed by atoms with Gasteiger partial charge in [0.25, 0.3) is 10.0 Å². The van der Waals surface area contributed by atoms with Gasteiger partial charge in [-0.15, -0.1) is 0 Å². The fourth-order valence-electron chi connectivity index (χ4n) is 2.77. The summed E-state index contributed by atoms with van der Waals surface area (Å²) in [5.74, 6) is 0.299. The molecule has 29 heavy (non-hydrogen) atoms. The van der Waals surface area contributed by atoms with Crippen LogP contribution in [0.5, 0.6) is 5.88 Å². The van der Waals surface area contributed by atoms with E-state index in [-0.39, 0.29) is 29.8 Å². The Morgan fingerprint density at radius 1 is 1.03 bits per heavy atom. The molecular formula is C21H23N3O4S. The van der Waals surface area contributed by atoms with Crippen molar-refractivity contribution >= 4 is 15.8 Å². The van der Waals surface area contributed by atoms with Gasteiger partial charge in [-0.05, 0) is 36.6 Å². The van der Waals surface area contributed by atoms with Crippen LogP contribution in [0.1, 0.15) is 18.1 Å². The minimum Gasteiger partial charge on any atom is -0.475 e. The van der Waals surface area contributed by atoms with Crippen LogP contribution < -0.4 is 9.46 Å². The summed E-state index contributed by atoms with van der Waals surface area (Å²) in [5, 5.41) is 9.09. The number of aromatic nitrogens is 2. The van der Waals surface area contributed by atoms with Crippen LogP contribution in [-0.4, -0.2) is 36.7 Å². The summed E-state index contributed by atoms with van der Waals surface area (Å²) in [6.07, 6.45) is 2.05. The predicted octanol–water partition coefficient (Wildman–Crippen LogP) is 3.19. The highest BCUT2D eigenvalue weighted by Gasteiger charge is 2.21. The highest BCUT2D eigenvalue weighted by atomic mass is 32.2. The van der Waals surface area contributed by atoms with E-state index in [1.54, 1.807) is 24.3 Å². The summed E-state index contributed by atoms with van der Waals surface area (Å²) in [5.41, 5.74) is 3.21. The molecule has 3 rings (SSSR count). The van der Waals surface area contributed by atoms with Crippen molar-refractivity contribution in [1.82, 2.24) is 9.97 Å². The lowest BCUT2D eigenvalue weighted by molar-refractivity contribution is 0.197. The van der Waals surface area contributed by atoms with Crippen LogP contribution in [0.25, 0.3) is 11.1 Å². The number of sulfonamides is 1. The van der Waals surface area contributed by atoms with E-state index in [9.17, 15) is 8.42 Å². The molecule has 0 amide bonds. The van der Waals surface area contributed by atoms with E-state index in [1.165, 1.54) is 6.33 Å². The zero-order valence-electron chi connectivity index (χ0n) is 16.3. The number of anilines is 1. The van der Waals surface area contributed by atoms with Gasteiger partial charge in [-0.2, -0.15) is 0 Å². The molecule has 0 unspecified atom stereocenters. The van der Waals surface area contributed by atoms with Gasteiger partial charge >= 0.3 is 0 Å². The van der Waals surface area contributed by atoms with Crippen molar-refractivity contribution in [2.24, 2.45) is 0 Å². The fraction of sp³-hybridized carbons (Fsp3) is 0.238. The van der Waals surface area contributed by atoms with E-state index >= 15 is 0 Å². The standard InChI is InChI=1S/C21H23N3O4S/c1-3-16-6-10-18(11-7-16)29(26,27)24-20-19(17-8-4-15(2)5-9-17)21(23-14-22-20)28-13-12-25/h4-11,14,25H,3,12-13H2,1-2H3,(H,22,23,24). The van der Waals surface area contributed by atoms with Crippen LogP contribution in [0, 0.1) is 6.92 Å². The zero-order chi connectivity index (χ0) is 20.9. The van der Waals surface area contributed by atoms with Gasteiger partial charge in [0.05, 0.1) is 17.1 Å². The fourth-order valence-corrected chi connectivity index (χ4v) is 3.79. The Morgan fingerprint density at radius 2 is 1.72 bits per heavy atom. The lowest BCUT2D eigenvalue weighted by Crippen LogP contribution is -2.16. The smallest absolute Gasteiger partial charge is 0.263 e. The molecule has 0 fully saturated rings. The summed E-state index contributed by atoms with van der Waals surface area (Å²) in [6.45, 7) is 3.80. The normalized spacial score (nSPS) is 11.3. The molecule has 0 aliphatic rings. The maximum Gasteiger partial charge on any atom is 0.263 e. The molecule has 0 saturated carbocycles. The Balaban J connectivity index is 2.04. The molecular weight excluding hydrogens is 390 g/mol. The molecule has 0 aliphatic heterocycles. The summed E-state index contributed by atoms with van der Waals surface area (Å²) in [7, 11) is -3.86. The maximum atomic E-state index is 12.9. The highest BCUT2D eigenvalue weighted by molar-refractivity contribution is 7.92. The second kappa shape index (κ2) is 9.02. The second-order valence-corrected chi connectivity index (χ2v) is 8.13. The Kier molecular flexibility index (Phi) is 6.46. The number of hydrogen-bond acceptors (Lipinski definition) is 6. The lowest BCUT2D eigenvalue weighted by atomic mass is 10.1. The minimum atomic E-state index is -3.86. The van der Waals surface area contributed by atoms with Crippen LogP contribution in [0.15, 0.2) is 59.8 Å². The second-order valence-electron chi connectivity index (χ2n) is 6.44. The maximum absolute atomic E-state index is 12.9. The molecule has 152 valence electrons. The monoisotopic (exact) mass is 413 g/mol. The average molecular weight is 413 g/mol. The number of benzene rings is 2. The van der Waals surface area contributed by atoms with Crippen LogP contribution in [-0.2, 0) is 16.4 Å². The Labute approximate surface area is 170 Å². The first-order chi connectivity index (χ1) is 13.9. The van der Waals surface area contributed by atoms with Crippen LogP contribution in [0.4, 0.5) is 5.82 Å². The van der Waals surface area contributed by atoms with Crippen molar-refractivity contribution in [3.8, 4) is 17.0 Å². The van der Waals surface area contributed by atoms with E-state index in [2.05, 4.69) is 14.7 Å². The summed E-state index contributed by atoms with van der Waals surface area (Å²) in [4.78, 5) is 8.41. The number of ether oxygens (including phenoxy) is 1. The van der Waals surface area contributed by atoms with Gasteiger partial charge in [-0.25, -0.2) is 18.4 Å². The largest absolute Gasteiger partial charge is 0.475 e. The Morgan fingerprint density at radius 3 is 2.34 bits per heavy atom. The average Bonchev–Trinajstić information content (AvgIpc) is 2.73. The molecule has 8 heteroatoms. The van der Waals surface area contributed by atoms with Crippen molar-refractivity contribution in [2.75, 3.05) is 17.9 Å². The van der Waals surface area contributed by atoms with Gasteiger partial charge in [0, 0.05) is 0 Å². The highest BCUT2D eigenvalue weighted by Crippen LogP contribution is 2.35. The first-order valence-corrected chi connectivity index (χ1v) is 10.7. The van der Waals surface area contributed by atoms with Gasteiger partial charge in [0.2, 0.25) is 5.88 Å². The number of aliphatic hydroxyl groups is 1. The van der Waals surface area contributed by atoms with Gasteiger partial charge < -0.3 is 9.84 Å². The zero-order valence-corrected chi connectivity index (χ0v) is 17.1. The molecule has 2 aromatic carbocycles. The number of nitrogens with zero attached hydrogens (tertiary/aromatic N) is 2. The third kappa shape index (κ3) is 4.90. The number of rotatable bonds is 8. The minimum absolute atomic E-state index is 0.0283. The molecule has 2 N–H and O–H groups in total. The third-order valence-electron chi connectivity index (χ3n) is 4.36. The lowest BCUT2D eigenvalue weighted by Gasteiger charge is -2.15. The van der Waals surface area contributed by atoms with E-state index in [1.807, 2.05) is 38.1 Å². The van der Waals surface area contributed by atoms with Gasteiger partial charge in [-0.1, -0.05) is 48.9 Å². The first-order valence-electron chi connectivity index (χ1n) is 9.22. The summed E-state index contributed by atoms with van der Waals surface area (Å²) >= 11 is 0. The molecule has 7 nitrogen and oxygen atoms in total. The molecule has 1 aromatic heterocycles. The van der Waals surface area contributed by atoms with E-state index in [0.717, 1.165) is 17.5 Å². The molecule has 0 bridgehead atoms. The quantitative estimate of drug-likeness (QED) is 0.588. The summed E-state index contributed by atoms with van der Waals surface area (Å²) in [6, 6.07) is 14.2. The number of nitrogens with one attached hydrogen (secondary N) is 1. The van der Waals surface area contributed by atoms with Crippen LogP contribution in [0.2, 0.25) is 0 Å². The number of aryl methyl sites for hydroxylation is 2. The van der Waals surface area contributed by atoms with Gasteiger partial charge in [-0.3, -0.25) is 4.72 Å². The third-order valence-corrected chi connectivity index (χ3v) is 5.71. The molecule has 0 saturated heterocycles. The molecule has 0 aliphatic carbocycles. The SMILES string of the molecule is CCc1ccc(S(=O)(=O)Nc2ncnc(OCCO)c2-c2ccc(C)cc2)cc1. The predicted molar refractivity (Wildman–Crippen MR) is 111 cm³/mol. The van der Waals surface area contributed by atoms with E-state index in [4.69, 9.17) is 9.84 Å². The van der Waals surface area contributed by atoms with Crippen molar-refractivity contribution in [2.45, 2.75) is 25.2 Å². The first kappa shape index (κ1) is 20.8. The Hall–Kier alpha value is -2.97. The van der Waals surface area contributed by atoms with Crippen LogP contribution in [0.3, 0.4) is 0 Å². The van der Waals surface area contributed by atoms with Crippen molar-refractivity contribution in [3.63, 3.8) is 0 Å². The molecule has 0 radical (unpaired) electrons. The van der Waals surface area contributed by atoms with Crippen molar-refractivity contribution in [1.29, 1.82) is 0 Å². The topological polar surface area (TPSA) is 101 Å². The molecule has 0 atom stereocenters. The van der Waals surface area contributed by atoms with E-state index < -0.39 is 10.0 Å². The van der Waals surface area contributed by atoms with Crippen LogP contribution >= 0.6 is 0 Å².